The van der Waals surface area contributed by atoms with Gasteiger partial charge in [0.05, 0.1) is 5.56 Å². The van der Waals surface area contributed by atoms with E-state index in [4.69, 9.17) is 5.73 Å². The van der Waals surface area contributed by atoms with Gasteiger partial charge in [0.1, 0.15) is 0 Å². The Morgan fingerprint density at radius 2 is 1.84 bits per heavy atom. The van der Waals surface area contributed by atoms with Crippen molar-refractivity contribution in [1.29, 1.82) is 0 Å². The maximum absolute atomic E-state index is 13.7. The number of aryl methyl sites for hydroxylation is 1. The first-order valence-corrected chi connectivity index (χ1v) is 12.0. The van der Waals surface area contributed by atoms with Crippen LogP contribution in [0.15, 0.2) is 48.7 Å². The van der Waals surface area contributed by atoms with E-state index in [-0.39, 0.29) is 17.1 Å². The molecule has 3 aromatic rings. The summed E-state index contributed by atoms with van der Waals surface area (Å²) in [5, 5.41) is 2.61. The maximum atomic E-state index is 13.7. The van der Waals surface area contributed by atoms with Crippen molar-refractivity contribution in [3.05, 3.63) is 82.3 Å². The van der Waals surface area contributed by atoms with Gasteiger partial charge in [0, 0.05) is 53.9 Å². The third kappa shape index (κ3) is 6.61. The van der Waals surface area contributed by atoms with Crippen LogP contribution >= 0.6 is 0 Å². The molecule has 198 valence electrons. The van der Waals surface area contributed by atoms with Gasteiger partial charge in [-0.05, 0) is 68.9 Å². The summed E-state index contributed by atoms with van der Waals surface area (Å²) in [4.78, 5) is 20.8. The summed E-state index contributed by atoms with van der Waals surface area (Å²) in [6.07, 6.45) is -2.41. The highest BCUT2D eigenvalue weighted by molar-refractivity contribution is 6.04. The number of alkyl halides is 3. The molecular weight excluding hydrogens is 498 g/mol. The summed E-state index contributed by atoms with van der Waals surface area (Å²) in [5.41, 5.74) is 6.82. The van der Waals surface area contributed by atoms with Gasteiger partial charge in [-0.25, -0.2) is 9.37 Å². The molecule has 1 aliphatic rings. The van der Waals surface area contributed by atoms with E-state index in [1.54, 1.807) is 25.1 Å². The van der Waals surface area contributed by atoms with Crippen molar-refractivity contribution < 1.29 is 22.4 Å². The zero-order chi connectivity index (χ0) is 27.4. The lowest BCUT2D eigenvalue weighted by atomic mass is 10.0. The molecule has 1 fully saturated rings. The Morgan fingerprint density at radius 3 is 2.58 bits per heavy atom. The molecule has 2 heterocycles. The van der Waals surface area contributed by atoms with E-state index in [1.807, 2.05) is 11.9 Å². The summed E-state index contributed by atoms with van der Waals surface area (Å²) in [5.74, 6) is 4.19. The van der Waals surface area contributed by atoms with E-state index in [2.05, 4.69) is 27.0 Å². The van der Waals surface area contributed by atoms with Crippen LogP contribution in [0.3, 0.4) is 0 Å². The zero-order valence-corrected chi connectivity index (χ0v) is 21.0. The molecule has 4 rings (SSSR count). The van der Waals surface area contributed by atoms with Crippen LogP contribution in [-0.4, -0.2) is 49.0 Å². The predicted molar refractivity (Wildman–Crippen MR) is 139 cm³/mol. The molecular formula is C28H27F4N5O. The second kappa shape index (κ2) is 11.1. The molecule has 1 aliphatic heterocycles. The maximum Gasteiger partial charge on any atom is 0.416 e. The second-order valence-corrected chi connectivity index (χ2v) is 9.24. The van der Waals surface area contributed by atoms with Crippen molar-refractivity contribution >= 4 is 23.1 Å². The molecule has 0 saturated carbocycles. The minimum absolute atomic E-state index is 0.0501. The minimum Gasteiger partial charge on any atom is -0.381 e. The number of anilines is 3. The number of nitrogens with two attached hydrogens (primary N) is 1. The lowest BCUT2D eigenvalue weighted by Crippen LogP contribution is -2.29. The van der Waals surface area contributed by atoms with Crippen molar-refractivity contribution in [3.8, 4) is 11.8 Å². The Morgan fingerprint density at radius 1 is 1.05 bits per heavy atom. The molecule has 0 atom stereocenters. The molecule has 0 unspecified atom stereocenters. The number of halogens is 4. The molecule has 10 heteroatoms. The quantitative estimate of drug-likeness (QED) is 0.375. The molecule has 2 aromatic carbocycles. The monoisotopic (exact) mass is 525 g/mol. The van der Waals surface area contributed by atoms with Gasteiger partial charge in [0.2, 0.25) is 0 Å². The van der Waals surface area contributed by atoms with E-state index in [0.29, 0.717) is 29.9 Å². The molecule has 0 radical (unpaired) electrons. The largest absolute Gasteiger partial charge is 0.416 e. The fraction of sp³-hybridized carbons (Fsp3) is 0.286. The van der Waals surface area contributed by atoms with Crippen LogP contribution in [0, 0.1) is 24.6 Å². The molecule has 0 aliphatic carbocycles. The van der Waals surface area contributed by atoms with Crippen LogP contribution in [0.1, 0.15) is 39.0 Å². The van der Waals surface area contributed by atoms with Crippen LogP contribution in [0.2, 0.25) is 0 Å². The highest BCUT2D eigenvalue weighted by Crippen LogP contribution is 2.35. The Bertz CT molecular complexity index is 1410. The molecule has 1 saturated heterocycles. The van der Waals surface area contributed by atoms with E-state index in [1.165, 1.54) is 12.3 Å². The van der Waals surface area contributed by atoms with Gasteiger partial charge >= 0.3 is 6.18 Å². The molecule has 0 spiro atoms. The van der Waals surface area contributed by atoms with Crippen molar-refractivity contribution in [2.24, 2.45) is 0 Å². The summed E-state index contributed by atoms with van der Waals surface area (Å²) in [6, 6.07) is 9.58. The predicted octanol–water partition coefficient (Wildman–Crippen LogP) is 4.92. The number of carbonyl (C=O) groups excluding carboxylic acids is 1. The Kier molecular flexibility index (Phi) is 7.88. The van der Waals surface area contributed by atoms with Gasteiger partial charge in [0.25, 0.3) is 5.91 Å². The van der Waals surface area contributed by atoms with Crippen molar-refractivity contribution in [1.82, 2.24) is 9.88 Å². The number of benzene rings is 2. The van der Waals surface area contributed by atoms with Crippen molar-refractivity contribution in [2.75, 3.05) is 49.2 Å². The lowest BCUT2D eigenvalue weighted by molar-refractivity contribution is -0.137. The number of pyridine rings is 1. The van der Waals surface area contributed by atoms with Gasteiger partial charge in [-0.15, -0.1) is 0 Å². The zero-order valence-electron chi connectivity index (χ0n) is 21.0. The number of hydrogen-bond donors (Lipinski definition) is 2. The molecule has 3 N–H and O–H groups in total. The number of hydrogen-bond acceptors (Lipinski definition) is 5. The number of likely N-dealkylation sites (N-methyl/N-ethyl adjacent to an activating group) is 1. The van der Waals surface area contributed by atoms with Crippen LogP contribution in [0.5, 0.6) is 0 Å². The standard InChI is InChI=1S/C28H27F4N5O/c1-18-4-6-21(13-20(18)7-5-19-12-25(29)26(33)34-17-19)27(38)35-23-14-22(28(30,31)32)15-24(16-23)37-9-3-8-36(2)10-11-37/h4,6,12-17H,3,8-11H2,1-2H3,(H2,33,34)(H,35,38). The van der Waals surface area contributed by atoms with Crippen molar-refractivity contribution in [3.63, 3.8) is 0 Å². The molecule has 6 nitrogen and oxygen atoms in total. The number of aromatic nitrogens is 1. The van der Waals surface area contributed by atoms with Crippen LogP contribution in [0.25, 0.3) is 0 Å². The number of nitrogens with one attached hydrogen (secondary N) is 1. The van der Waals surface area contributed by atoms with Gasteiger partial charge in [0.15, 0.2) is 11.6 Å². The fourth-order valence-corrected chi connectivity index (χ4v) is 4.09. The summed E-state index contributed by atoms with van der Waals surface area (Å²) < 4.78 is 54.8. The van der Waals surface area contributed by atoms with Crippen molar-refractivity contribution in [2.45, 2.75) is 19.5 Å². The van der Waals surface area contributed by atoms with Gasteiger partial charge in [-0.1, -0.05) is 17.9 Å². The lowest BCUT2D eigenvalue weighted by Gasteiger charge is -2.25. The number of amides is 1. The Hall–Kier alpha value is -4.10. The molecule has 38 heavy (non-hydrogen) atoms. The third-order valence-electron chi connectivity index (χ3n) is 6.30. The van der Waals surface area contributed by atoms with E-state index in [0.717, 1.165) is 43.3 Å². The Labute approximate surface area is 218 Å². The van der Waals surface area contributed by atoms with E-state index < -0.39 is 23.5 Å². The molecule has 1 amide bonds. The van der Waals surface area contributed by atoms with E-state index >= 15 is 0 Å². The summed E-state index contributed by atoms with van der Waals surface area (Å²) >= 11 is 0. The SMILES string of the molecule is Cc1ccc(C(=O)Nc2cc(N3CCCN(C)CC3)cc(C(F)(F)F)c2)cc1C#Cc1cnc(N)c(F)c1. The minimum atomic E-state index is -4.57. The summed E-state index contributed by atoms with van der Waals surface area (Å²) in [6.45, 7) is 4.59. The number of nitrogen functional groups attached to an aromatic ring is 1. The van der Waals surface area contributed by atoms with Gasteiger partial charge in [-0.2, -0.15) is 13.2 Å². The molecule has 0 bridgehead atoms. The third-order valence-corrected chi connectivity index (χ3v) is 6.30. The average molecular weight is 526 g/mol. The number of rotatable bonds is 3. The Balaban J connectivity index is 1.60. The van der Waals surface area contributed by atoms with Gasteiger partial charge < -0.3 is 20.9 Å². The smallest absolute Gasteiger partial charge is 0.381 e. The number of carbonyl (C=O) groups is 1. The topological polar surface area (TPSA) is 74.5 Å². The number of nitrogens with zero attached hydrogens (tertiary/aromatic N) is 3. The summed E-state index contributed by atoms with van der Waals surface area (Å²) in [7, 11) is 1.98. The van der Waals surface area contributed by atoms with Gasteiger partial charge in [-0.3, -0.25) is 4.79 Å². The molecule has 1 aromatic heterocycles. The second-order valence-electron chi connectivity index (χ2n) is 9.24. The van der Waals surface area contributed by atoms with Crippen LogP contribution in [-0.2, 0) is 6.18 Å². The normalized spacial score (nSPS) is 14.4. The fourth-order valence-electron chi connectivity index (χ4n) is 4.09. The first-order valence-electron chi connectivity index (χ1n) is 12.0. The van der Waals surface area contributed by atoms with Crippen LogP contribution < -0.4 is 16.0 Å². The van der Waals surface area contributed by atoms with Crippen LogP contribution in [0.4, 0.5) is 34.8 Å². The first-order chi connectivity index (χ1) is 18.0. The average Bonchev–Trinajstić information content (AvgIpc) is 3.09. The van der Waals surface area contributed by atoms with E-state index in [9.17, 15) is 22.4 Å². The first kappa shape index (κ1) is 26.9. The highest BCUT2D eigenvalue weighted by atomic mass is 19.4. The highest BCUT2D eigenvalue weighted by Gasteiger charge is 2.32.